The molecule has 1 saturated heterocycles. The van der Waals surface area contributed by atoms with Crippen LogP contribution in [-0.4, -0.2) is 78.3 Å². The fourth-order valence-electron chi connectivity index (χ4n) is 3.48. The molecule has 2 aromatic rings. The summed E-state index contributed by atoms with van der Waals surface area (Å²) in [6.45, 7) is 11.0. The molecule has 1 atom stereocenters. The summed E-state index contributed by atoms with van der Waals surface area (Å²) in [6, 6.07) is 4.51. The minimum absolute atomic E-state index is 0.0436. The number of likely N-dealkylation sites (N-methyl/N-ethyl adjacent to an activating group) is 1. The molecule has 1 aliphatic rings. The molecule has 7 heteroatoms. The number of aryl methyl sites for hydroxylation is 2. The molecule has 0 saturated carbocycles. The topological polar surface area (TPSA) is 73.5 Å². The van der Waals surface area contributed by atoms with Crippen molar-refractivity contribution >= 4 is 17.1 Å². The third-order valence-corrected chi connectivity index (χ3v) is 5.34. The van der Waals surface area contributed by atoms with Gasteiger partial charge in [0.2, 0.25) is 0 Å². The maximum atomic E-state index is 12.4. The molecule has 1 aromatic carbocycles. The van der Waals surface area contributed by atoms with Crippen LogP contribution in [0.5, 0.6) is 0 Å². The van der Waals surface area contributed by atoms with Crippen LogP contribution in [0.25, 0.3) is 11.0 Å². The number of nitrogens with zero attached hydrogens (tertiary/aromatic N) is 3. The molecule has 2 N–H and O–H groups in total. The van der Waals surface area contributed by atoms with Crippen LogP contribution < -0.4 is 5.32 Å². The fourth-order valence-corrected chi connectivity index (χ4v) is 3.48. The Balaban J connectivity index is 1.45. The summed E-state index contributed by atoms with van der Waals surface area (Å²) in [5.74, 6) is 0.902. The van der Waals surface area contributed by atoms with E-state index in [4.69, 9.17) is 4.74 Å². The van der Waals surface area contributed by atoms with E-state index in [1.807, 2.05) is 7.05 Å². The Hall–Kier alpha value is -2.12. The van der Waals surface area contributed by atoms with E-state index in [1.165, 1.54) is 11.1 Å². The standard InChI is InChI=1S/C20H31N5O2/c1-14-11-17-18(12-15(14)2)23-19(22-17)5-6-21-20(26)24(4)13-16(3)25-7-9-27-10-8-25/h11-12,16H,5-10,13H2,1-4H3,(H,21,26)(H,22,23)/t16-/m1/s1. The van der Waals surface area contributed by atoms with Crippen molar-refractivity contribution in [3.05, 3.63) is 29.1 Å². The lowest BCUT2D eigenvalue weighted by molar-refractivity contribution is 0.0161. The minimum Gasteiger partial charge on any atom is -0.379 e. The van der Waals surface area contributed by atoms with Crippen molar-refractivity contribution in [2.24, 2.45) is 0 Å². The molecule has 1 fully saturated rings. The number of aromatic amines is 1. The summed E-state index contributed by atoms with van der Waals surface area (Å²) in [5.41, 5.74) is 4.53. The molecule has 0 aliphatic carbocycles. The second-order valence-corrected chi connectivity index (χ2v) is 7.50. The fraction of sp³-hybridized carbons (Fsp3) is 0.600. The Morgan fingerprint density at radius 2 is 2.04 bits per heavy atom. The first kappa shape index (κ1) is 19.6. The van der Waals surface area contributed by atoms with Gasteiger partial charge in [0.15, 0.2) is 0 Å². The van der Waals surface area contributed by atoms with Crippen LogP contribution >= 0.6 is 0 Å². The predicted molar refractivity (Wildman–Crippen MR) is 107 cm³/mol. The Kier molecular flexibility index (Phi) is 6.34. The van der Waals surface area contributed by atoms with Gasteiger partial charge in [-0.15, -0.1) is 0 Å². The monoisotopic (exact) mass is 373 g/mol. The smallest absolute Gasteiger partial charge is 0.317 e. The van der Waals surface area contributed by atoms with Crippen LogP contribution in [0.2, 0.25) is 0 Å². The van der Waals surface area contributed by atoms with Crippen molar-refractivity contribution in [1.29, 1.82) is 0 Å². The molecule has 3 rings (SSSR count). The van der Waals surface area contributed by atoms with Crippen LogP contribution in [0.15, 0.2) is 12.1 Å². The third-order valence-electron chi connectivity index (χ3n) is 5.34. The zero-order chi connectivity index (χ0) is 19.4. The summed E-state index contributed by atoms with van der Waals surface area (Å²) < 4.78 is 5.39. The second kappa shape index (κ2) is 8.71. The highest BCUT2D eigenvalue weighted by molar-refractivity contribution is 5.77. The predicted octanol–water partition coefficient (Wildman–Crippen LogP) is 2.08. The highest BCUT2D eigenvalue weighted by atomic mass is 16.5. The Morgan fingerprint density at radius 1 is 1.33 bits per heavy atom. The molecule has 1 aliphatic heterocycles. The van der Waals surface area contributed by atoms with E-state index in [2.05, 4.69) is 53.1 Å². The van der Waals surface area contributed by atoms with Gasteiger partial charge >= 0.3 is 6.03 Å². The number of benzene rings is 1. The van der Waals surface area contributed by atoms with Crippen molar-refractivity contribution in [2.75, 3.05) is 46.4 Å². The number of aromatic nitrogens is 2. The summed E-state index contributed by atoms with van der Waals surface area (Å²) in [6.07, 6.45) is 0.686. The summed E-state index contributed by atoms with van der Waals surface area (Å²) in [4.78, 5) is 24.5. The number of hydrogen-bond acceptors (Lipinski definition) is 4. The Bertz CT molecular complexity index is 743. The molecular formula is C20H31N5O2. The van der Waals surface area contributed by atoms with Gasteiger partial charge in [-0.05, 0) is 44.0 Å². The van der Waals surface area contributed by atoms with Crippen LogP contribution in [0.3, 0.4) is 0 Å². The van der Waals surface area contributed by atoms with Gasteiger partial charge in [0.05, 0.1) is 24.2 Å². The number of H-pyrrole nitrogens is 1. The number of nitrogens with one attached hydrogen (secondary N) is 2. The van der Waals surface area contributed by atoms with E-state index < -0.39 is 0 Å². The van der Waals surface area contributed by atoms with Gasteiger partial charge in [0.1, 0.15) is 5.82 Å². The average Bonchev–Trinajstić information content (AvgIpc) is 3.04. The van der Waals surface area contributed by atoms with Gasteiger partial charge in [-0.1, -0.05) is 0 Å². The third kappa shape index (κ3) is 4.99. The molecule has 148 valence electrons. The number of imidazole rings is 1. The van der Waals surface area contributed by atoms with E-state index in [9.17, 15) is 4.79 Å². The quantitative estimate of drug-likeness (QED) is 0.813. The van der Waals surface area contributed by atoms with E-state index in [1.54, 1.807) is 4.90 Å². The Labute approximate surface area is 161 Å². The number of carbonyl (C=O) groups excluding carboxylic acids is 1. The van der Waals surface area contributed by atoms with Crippen molar-refractivity contribution in [3.8, 4) is 0 Å². The summed E-state index contributed by atoms with van der Waals surface area (Å²) >= 11 is 0. The van der Waals surface area contributed by atoms with Gasteiger partial charge in [-0.2, -0.15) is 0 Å². The van der Waals surface area contributed by atoms with Crippen molar-refractivity contribution in [1.82, 2.24) is 25.1 Å². The highest BCUT2D eigenvalue weighted by Crippen LogP contribution is 2.17. The van der Waals surface area contributed by atoms with E-state index in [0.29, 0.717) is 25.6 Å². The summed E-state index contributed by atoms with van der Waals surface area (Å²) in [5, 5.41) is 2.99. The lowest BCUT2D eigenvalue weighted by atomic mass is 10.1. The van der Waals surface area contributed by atoms with Crippen molar-refractivity contribution in [3.63, 3.8) is 0 Å². The normalized spacial score (nSPS) is 16.4. The molecular weight excluding hydrogens is 342 g/mol. The summed E-state index contributed by atoms with van der Waals surface area (Å²) in [7, 11) is 1.85. The SMILES string of the molecule is Cc1cc2nc(CCNC(=O)N(C)C[C@@H](C)N3CCOCC3)[nH]c2cc1C. The second-order valence-electron chi connectivity index (χ2n) is 7.50. The molecule has 0 unspecified atom stereocenters. The first-order chi connectivity index (χ1) is 12.9. The average molecular weight is 374 g/mol. The maximum Gasteiger partial charge on any atom is 0.317 e. The molecule has 0 spiro atoms. The van der Waals surface area contributed by atoms with Gasteiger partial charge in [-0.3, -0.25) is 4.90 Å². The number of morpholine rings is 1. The van der Waals surface area contributed by atoms with Gasteiger partial charge in [-0.25, -0.2) is 9.78 Å². The van der Waals surface area contributed by atoms with Crippen LogP contribution in [0.1, 0.15) is 23.9 Å². The first-order valence-corrected chi connectivity index (χ1v) is 9.70. The van der Waals surface area contributed by atoms with Crippen LogP contribution in [0, 0.1) is 13.8 Å². The van der Waals surface area contributed by atoms with E-state index in [-0.39, 0.29) is 6.03 Å². The zero-order valence-electron chi connectivity index (χ0n) is 16.8. The molecule has 0 radical (unpaired) electrons. The van der Waals surface area contributed by atoms with Crippen molar-refractivity contribution in [2.45, 2.75) is 33.2 Å². The lowest BCUT2D eigenvalue weighted by Gasteiger charge is -2.34. The zero-order valence-corrected chi connectivity index (χ0v) is 16.8. The number of urea groups is 1. The van der Waals surface area contributed by atoms with Gasteiger partial charge in [0.25, 0.3) is 0 Å². The molecule has 0 bridgehead atoms. The number of hydrogen-bond donors (Lipinski definition) is 2. The van der Waals surface area contributed by atoms with Crippen LogP contribution in [0.4, 0.5) is 4.79 Å². The number of amides is 2. The molecule has 2 heterocycles. The van der Waals surface area contributed by atoms with Crippen LogP contribution in [-0.2, 0) is 11.2 Å². The molecule has 2 amide bonds. The van der Waals surface area contributed by atoms with Gasteiger partial charge < -0.3 is 19.9 Å². The lowest BCUT2D eigenvalue weighted by Crippen LogP contribution is -2.49. The van der Waals surface area contributed by atoms with Gasteiger partial charge in [0, 0.05) is 45.7 Å². The first-order valence-electron chi connectivity index (χ1n) is 9.70. The van der Waals surface area contributed by atoms with E-state index in [0.717, 1.165) is 43.2 Å². The maximum absolute atomic E-state index is 12.4. The number of rotatable bonds is 6. The molecule has 1 aromatic heterocycles. The number of fused-ring (bicyclic) bond motifs is 1. The van der Waals surface area contributed by atoms with Crippen molar-refractivity contribution < 1.29 is 9.53 Å². The largest absolute Gasteiger partial charge is 0.379 e. The van der Waals surface area contributed by atoms with E-state index >= 15 is 0 Å². The number of ether oxygens (including phenoxy) is 1. The highest BCUT2D eigenvalue weighted by Gasteiger charge is 2.20. The molecule has 7 nitrogen and oxygen atoms in total. The molecule has 27 heavy (non-hydrogen) atoms. The minimum atomic E-state index is -0.0436. The number of carbonyl (C=O) groups is 1. The Morgan fingerprint density at radius 3 is 2.78 bits per heavy atom.